The summed E-state index contributed by atoms with van der Waals surface area (Å²) in [5.41, 5.74) is -3.29. The van der Waals surface area contributed by atoms with E-state index in [2.05, 4.69) is 0 Å². The van der Waals surface area contributed by atoms with Crippen molar-refractivity contribution in [2.24, 2.45) is 0 Å². The highest BCUT2D eigenvalue weighted by atomic mass is 19.4. The van der Waals surface area contributed by atoms with E-state index in [1.807, 2.05) is 0 Å². The van der Waals surface area contributed by atoms with Crippen LogP contribution >= 0.6 is 0 Å². The maximum Gasteiger partial charge on any atom is 0.426 e. The Balaban J connectivity index is 4.83. The quantitative estimate of drug-likeness (QED) is 0.764. The van der Waals surface area contributed by atoms with Crippen molar-refractivity contribution in [2.75, 3.05) is 13.1 Å². The molecule has 3 nitrogen and oxygen atoms in total. The van der Waals surface area contributed by atoms with Crippen LogP contribution in [-0.4, -0.2) is 40.8 Å². The third-order valence-corrected chi connectivity index (χ3v) is 2.02. The van der Waals surface area contributed by atoms with Gasteiger partial charge in [-0.1, -0.05) is 0 Å². The van der Waals surface area contributed by atoms with Gasteiger partial charge in [-0.2, -0.15) is 13.2 Å². The fourth-order valence-electron chi connectivity index (χ4n) is 0.940. The summed E-state index contributed by atoms with van der Waals surface area (Å²) >= 11 is 0. The van der Waals surface area contributed by atoms with Gasteiger partial charge >= 0.3 is 6.18 Å². The molecule has 0 spiro atoms. The Bertz CT molecular complexity index is 209. The van der Waals surface area contributed by atoms with Crippen molar-refractivity contribution in [1.82, 2.24) is 4.90 Å². The zero-order valence-electron chi connectivity index (χ0n) is 8.35. The molecular formula is C8H14F3NO2. The molecule has 0 saturated carbocycles. The summed E-state index contributed by atoms with van der Waals surface area (Å²) in [4.78, 5) is 12.2. The molecule has 1 atom stereocenters. The van der Waals surface area contributed by atoms with Crippen molar-refractivity contribution in [1.29, 1.82) is 0 Å². The SMILES string of the molecule is CCN(CC)C(=O)C(C)(O)C(F)(F)F. The zero-order chi connectivity index (χ0) is 11.6. The van der Waals surface area contributed by atoms with Crippen LogP contribution in [0, 0.1) is 0 Å². The fraction of sp³-hybridized carbons (Fsp3) is 0.875. The summed E-state index contributed by atoms with van der Waals surface area (Å²) in [6.07, 6.45) is -4.94. The lowest BCUT2D eigenvalue weighted by atomic mass is 10.0. The van der Waals surface area contributed by atoms with Crippen LogP contribution in [0.1, 0.15) is 20.8 Å². The van der Waals surface area contributed by atoms with E-state index in [-0.39, 0.29) is 13.1 Å². The lowest BCUT2D eigenvalue weighted by Gasteiger charge is -2.30. The molecule has 0 fully saturated rings. The second-order valence-electron chi connectivity index (χ2n) is 3.05. The Labute approximate surface area is 80.5 Å². The summed E-state index contributed by atoms with van der Waals surface area (Å²) in [5.74, 6) is -1.31. The molecule has 84 valence electrons. The number of rotatable bonds is 3. The Kier molecular flexibility index (Phi) is 3.93. The van der Waals surface area contributed by atoms with Gasteiger partial charge in [0.15, 0.2) is 0 Å². The van der Waals surface area contributed by atoms with Gasteiger partial charge in [-0.3, -0.25) is 4.79 Å². The number of carbonyl (C=O) groups excluding carboxylic acids is 1. The number of nitrogens with zero attached hydrogens (tertiary/aromatic N) is 1. The van der Waals surface area contributed by atoms with E-state index in [4.69, 9.17) is 5.11 Å². The van der Waals surface area contributed by atoms with E-state index in [1.54, 1.807) is 13.8 Å². The molecule has 0 aliphatic heterocycles. The van der Waals surface area contributed by atoms with Crippen molar-refractivity contribution in [3.05, 3.63) is 0 Å². The van der Waals surface area contributed by atoms with E-state index < -0.39 is 17.7 Å². The Morgan fingerprint density at radius 2 is 1.64 bits per heavy atom. The highest BCUT2D eigenvalue weighted by molar-refractivity contribution is 5.85. The van der Waals surface area contributed by atoms with Gasteiger partial charge in [-0.05, 0) is 20.8 Å². The molecule has 0 rings (SSSR count). The molecule has 0 aliphatic carbocycles. The second-order valence-corrected chi connectivity index (χ2v) is 3.05. The van der Waals surface area contributed by atoms with Gasteiger partial charge in [-0.25, -0.2) is 0 Å². The van der Waals surface area contributed by atoms with Crippen molar-refractivity contribution in [2.45, 2.75) is 32.5 Å². The summed E-state index contributed by atoms with van der Waals surface area (Å²) in [6, 6.07) is 0. The summed E-state index contributed by atoms with van der Waals surface area (Å²) in [7, 11) is 0. The van der Waals surface area contributed by atoms with Crippen LogP contribution in [-0.2, 0) is 4.79 Å². The second kappa shape index (κ2) is 4.16. The summed E-state index contributed by atoms with van der Waals surface area (Å²) in [6.45, 7) is 3.85. The lowest BCUT2D eigenvalue weighted by molar-refractivity contribution is -0.250. The molecule has 0 bridgehead atoms. The number of carbonyl (C=O) groups is 1. The third-order valence-electron chi connectivity index (χ3n) is 2.02. The molecule has 0 aromatic heterocycles. The largest absolute Gasteiger partial charge is 0.426 e. The first kappa shape index (κ1) is 13.2. The van der Waals surface area contributed by atoms with E-state index in [0.717, 1.165) is 4.90 Å². The average molecular weight is 213 g/mol. The molecule has 6 heteroatoms. The first-order valence-electron chi connectivity index (χ1n) is 4.26. The molecule has 1 N–H and O–H groups in total. The number of halogens is 3. The number of likely N-dealkylation sites (N-methyl/N-ethyl adjacent to an activating group) is 1. The number of hydrogen-bond acceptors (Lipinski definition) is 2. The van der Waals surface area contributed by atoms with Crippen LogP contribution in [0.5, 0.6) is 0 Å². The summed E-state index contributed by atoms with van der Waals surface area (Å²) in [5, 5.41) is 9.04. The number of amides is 1. The molecule has 0 radical (unpaired) electrons. The van der Waals surface area contributed by atoms with Gasteiger partial charge in [0.2, 0.25) is 5.60 Å². The summed E-state index contributed by atoms with van der Waals surface area (Å²) < 4.78 is 36.7. The van der Waals surface area contributed by atoms with Gasteiger partial charge in [0.05, 0.1) is 0 Å². The van der Waals surface area contributed by atoms with Crippen LogP contribution in [0.2, 0.25) is 0 Å². The van der Waals surface area contributed by atoms with Crippen molar-refractivity contribution < 1.29 is 23.1 Å². The molecule has 0 saturated heterocycles. The maximum absolute atomic E-state index is 12.2. The van der Waals surface area contributed by atoms with Gasteiger partial charge in [0.25, 0.3) is 5.91 Å². The molecular weight excluding hydrogens is 199 g/mol. The van der Waals surface area contributed by atoms with Gasteiger partial charge in [0.1, 0.15) is 0 Å². The van der Waals surface area contributed by atoms with E-state index >= 15 is 0 Å². The molecule has 0 aromatic rings. The molecule has 14 heavy (non-hydrogen) atoms. The smallest absolute Gasteiger partial charge is 0.373 e. The normalized spacial score (nSPS) is 16.2. The van der Waals surface area contributed by atoms with Gasteiger partial charge < -0.3 is 10.0 Å². The average Bonchev–Trinajstić information content (AvgIpc) is 2.04. The van der Waals surface area contributed by atoms with E-state index in [0.29, 0.717) is 6.92 Å². The fourth-order valence-corrected chi connectivity index (χ4v) is 0.940. The van der Waals surface area contributed by atoms with Crippen LogP contribution in [0.25, 0.3) is 0 Å². The number of alkyl halides is 3. The monoisotopic (exact) mass is 213 g/mol. The van der Waals surface area contributed by atoms with E-state index in [1.165, 1.54) is 0 Å². The molecule has 0 heterocycles. The Morgan fingerprint density at radius 3 is 1.86 bits per heavy atom. The van der Waals surface area contributed by atoms with Crippen LogP contribution in [0.15, 0.2) is 0 Å². The minimum absolute atomic E-state index is 0.140. The predicted molar refractivity (Wildman–Crippen MR) is 44.6 cm³/mol. The van der Waals surface area contributed by atoms with E-state index in [9.17, 15) is 18.0 Å². The minimum atomic E-state index is -4.94. The molecule has 0 aromatic carbocycles. The predicted octanol–water partition coefficient (Wildman–Crippen LogP) is 1.17. The van der Waals surface area contributed by atoms with Crippen molar-refractivity contribution in [3.63, 3.8) is 0 Å². The standard InChI is InChI=1S/C8H14F3NO2/c1-4-12(5-2)6(13)7(3,14)8(9,10)11/h14H,4-5H2,1-3H3. The number of hydrogen-bond donors (Lipinski definition) is 1. The highest BCUT2D eigenvalue weighted by Crippen LogP contribution is 2.31. The zero-order valence-corrected chi connectivity index (χ0v) is 8.35. The van der Waals surface area contributed by atoms with Gasteiger partial charge in [0, 0.05) is 13.1 Å². The first-order valence-corrected chi connectivity index (χ1v) is 4.26. The maximum atomic E-state index is 12.2. The molecule has 1 unspecified atom stereocenters. The van der Waals surface area contributed by atoms with Gasteiger partial charge in [-0.15, -0.1) is 0 Å². The Hall–Kier alpha value is -0.780. The molecule has 1 amide bonds. The van der Waals surface area contributed by atoms with Crippen molar-refractivity contribution in [3.8, 4) is 0 Å². The minimum Gasteiger partial charge on any atom is -0.373 e. The number of aliphatic hydroxyl groups is 1. The third kappa shape index (κ3) is 2.37. The van der Waals surface area contributed by atoms with Crippen LogP contribution in [0.3, 0.4) is 0 Å². The molecule has 0 aliphatic rings. The topological polar surface area (TPSA) is 40.5 Å². The highest BCUT2D eigenvalue weighted by Gasteiger charge is 2.56. The van der Waals surface area contributed by atoms with Crippen molar-refractivity contribution >= 4 is 5.91 Å². The lowest BCUT2D eigenvalue weighted by Crippen LogP contribution is -2.56. The van der Waals surface area contributed by atoms with Crippen LogP contribution in [0.4, 0.5) is 13.2 Å². The first-order chi connectivity index (χ1) is 6.18. The Morgan fingerprint density at radius 1 is 1.29 bits per heavy atom. The van der Waals surface area contributed by atoms with Crippen LogP contribution < -0.4 is 0 Å².